The molecule has 0 unspecified atom stereocenters. The summed E-state index contributed by atoms with van der Waals surface area (Å²) in [5, 5.41) is 11.3. The van der Waals surface area contributed by atoms with Crippen LogP contribution in [0.15, 0.2) is 41.4 Å². The molecule has 2 saturated heterocycles. The summed E-state index contributed by atoms with van der Waals surface area (Å²) in [6.07, 6.45) is 4.98. The summed E-state index contributed by atoms with van der Waals surface area (Å²) in [7, 11) is 1.65. The van der Waals surface area contributed by atoms with Crippen molar-refractivity contribution < 1.29 is 32.5 Å². The van der Waals surface area contributed by atoms with Gasteiger partial charge in [-0.25, -0.2) is 13.2 Å². The molecule has 2 aliphatic rings. The summed E-state index contributed by atoms with van der Waals surface area (Å²) < 4.78 is 52.2. The van der Waals surface area contributed by atoms with Crippen LogP contribution >= 0.6 is 11.8 Å². The first-order chi connectivity index (χ1) is 20.8. The van der Waals surface area contributed by atoms with Gasteiger partial charge in [0.25, 0.3) is 0 Å². The van der Waals surface area contributed by atoms with Gasteiger partial charge < -0.3 is 19.5 Å². The maximum absolute atomic E-state index is 14.0. The number of aromatic nitrogens is 1. The second kappa shape index (κ2) is 14.3. The first-order valence-electron chi connectivity index (χ1n) is 14.8. The quantitative estimate of drug-likeness (QED) is 0.257. The Hall–Kier alpha value is -2.86. The monoisotopic (exact) mass is 617 g/mol. The molecular weight excluding hydrogens is 579 g/mol. The Morgan fingerprint density at radius 1 is 1.07 bits per heavy atom. The van der Waals surface area contributed by atoms with E-state index in [0.717, 1.165) is 66.5 Å². The maximum atomic E-state index is 14.0. The average Bonchev–Trinajstić information content (AvgIpc) is 3.00. The molecule has 2 aliphatic heterocycles. The van der Waals surface area contributed by atoms with E-state index < -0.39 is 28.8 Å². The largest absolute Gasteiger partial charge is 0.497 e. The van der Waals surface area contributed by atoms with Gasteiger partial charge in [0, 0.05) is 55.6 Å². The first kappa shape index (κ1) is 31.6. The fourth-order valence-corrected chi connectivity index (χ4v) is 7.10. The number of piperidine rings is 1. The molecule has 0 radical (unpaired) electrons. The molecule has 1 aromatic heterocycles. The molecule has 0 aliphatic carbocycles. The number of ether oxygens (including phenoxy) is 2. The SMILES string of the molecule is COc1ccc2ncc(CN3CCOCC3)c(CCCC3(C(=O)O)CCN(CCSc4c(F)cc(F)cc4F)CC3)c2c1. The molecule has 5 rings (SSSR count). The highest BCUT2D eigenvalue weighted by Gasteiger charge is 2.41. The van der Waals surface area contributed by atoms with E-state index >= 15 is 0 Å². The Balaban J connectivity index is 1.22. The van der Waals surface area contributed by atoms with Crippen LogP contribution in [0, 0.1) is 22.9 Å². The molecule has 0 spiro atoms. The zero-order valence-corrected chi connectivity index (χ0v) is 25.2. The summed E-state index contributed by atoms with van der Waals surface area (Å²) >= 11 is 1.01. The zero-order chi connectivity index (χ0) is 30.4. The molecule has 232 valence electrons. The van der Waals surface area contributed by atoms with E-state index in [-0.39, 0.29) is 4.90 Å². The average molecular weight is 618 g/mol. The third kappa shape index (κ3) is 7.63. The summed E-state index contributed by atoms with van der Waals surface area (Å²) in [6.45, 7) is 5.66. The smallest absolute Gasteiger partial charge is 0.309 e. The fraction of sp³-hybridized carbons (Fsp3) is 0.500. The zero-order valence-electron chi connectivity index (χ0n) is 24.4. The number of hydrogen-bond acceptors (Lipinski definition) is 7. The summed E-state index contributed by atoms with van der Waals surface area (Å²) in [5.41, 5.74) is 2.41. The van der Waals surface area contributed by atoms with Crippen LogP contribution in [0.5, 0.6) is 5.75 Å². The van der Waals surface area contributed by atoms with Crippen molar-refractivity contribution in [2.24, 2.45) is 5.41 Å². The van der Waals surface area contributed by atoms with Gasteiger partial charge in [-0.05, 0) is 74.5 Å². The molecule has 0 amide bonds. The Bertz CT molecular complexity index is 1410. The van der Waals surface area contributed by atoms with Crippen LogP contribution in [0.25, 0.3) is 10.9 Å². The molecule has 0 saturated carbocycles. The molecule has 11 heteroatoms. The molecule has 3 heterocycles. The molecular formula is C32H38F3N3O4S. The highest BCUT2D eigenvalue weighted by molar-refractivity contribution is 7.99. The Morgan fingerprint density at radius 3 is 2.47 bits per heavy atom. The lowest BCUT2D eigenvalue weighted by atomic mass is 9.74. The number of benzene rings is 2. The number of aryl methyl sites for hydroxylation is 1. The number of likely N-dealkylation sites (tertiary alicyclic amines) is 1. The highest BCUT2D eigenvalue weighted by Crippen LogP contribution is 2.38. The molecule has 0 bridgehead atoms. The molecule has 2 aromatic carbocycles. The number of pyridine rings is 1. The van der Waals surface area contributed by atoms with Crippen molar-refractivity contribution in [3.05, 3.63) is 65.1 Å². The van der Waals surface area contributed by atoms with Crippen LogP contribution in [-0.2, 0) is 22.5 Å². The van der Waals surface area contributed by atoms with Gasteiger partial charge in [0.1, 0.15) is 23.2 Å². The number of thioether (sulfide) groups is 1. The predicted molar refractivity (Wildman–Crippen MR) is 160 cm³/mol. The number of halogens is 3. The van der Waals surface area contributed by atoms with E-state index in [4.69, 9.17) is 14.5 Å². The number of aliphatic carboxylic acids is 1. The second-order valence-electron chi connectivity index (χ2n) is 11.4. The molecule has 2 fully saturated rings. The lowest BCUT2D eigenvalue weighted by Gasteiger charge is -2.39. The van der Waals surface area contributed by atoms with Gasteiger partial charge in [0.2, 0.25) is 0 Å². The Labute approximate surface area is 254 Å². The van der Waals surface area contributed by atoms with Gasteiger partial charge in [-0.1, -0.05) is 0 Å². The lowest BCUT2D eigenvalue weighted by molar-refractivity contribution is -0.152. The van der Waals surface area contributed by atoms with E-state index in [1.54, 1.807) is 7.11 Å². The van der Waals surface area contributed by atoms with Crippen molar-refractivity contribution in [2.45, 2.75) is 43.5 Å². The van der Waals surface area contributed by atoms with Crippen molar-refractivity contribution in [1.82, 2.24) is 14.8 Å². The summed E-state index contributed by atoms with van der Waals surface area (Å²) in [5.74, 6) is -2.34. The maximum Gasteiger partial charge on any atom is 0.309 e. The van der Waals surface area contributed by atoms with Gasteiger partial charge in [-0.3, -0.25) is 14.7 Å². The van der Waals surface area contributed by atoms with E-state index in [1.807, 2.05) is 24.4 Å². The molecule has 1 N–H and O–H groups in total. The molecule has 43 heavy (non-hydrogen) atoms. The van der Waals surface area contributed by atoms with Crippen molar-refractivity contribution in [3.63, 3.8) is 0 Å². The topological polar surface area (TPSA) is 75.1 Å². The van der Waals surface area contributed by atoms with E-state index in [9.17, 15) is 23.1 Å². The number of hydrogen-bond donors (Lipinski definition) is 1. The summed E-state index contributed by atoms with van der Waals surface area (Å²) in [6, 6.07) is 7.25. The first-order valence-corrected chi connectivity index (χ1v) is 15.7. The molecule has 3 aromatic rings. The molecule has 7 nitrogen and oxygen atoms in total. The number of fused-ring (bicyclic) bond motifs is 1. The van der Waals surface area contributed by atoms with E-state index in [0.29, 0.717) is 70.0 Å². The van der Waals surface area contributed by atoms with E-state index in [1.165, 1.54) is 5.56 Å². The number of carbonyl (C=O) groups is 1. The standard InChI is InChI=1S/C32H38F3N3O4S/c1-41-24-4-5-29-26(19-24)25(22(20-36-29)21-38-11-14-42-15-12-38)3-2-6-32(31(39)40)7-9-37(10-8-32)13-16-43-30-27(34)17-23(33)18-28(30)35/h4-5,17-20H,2-3,6-16,21H2,1H3,(H,39,40). The van der Waals surface area contributed by atoms with Crippen LogP contribution < -0.4 is 4.74 Å². The fourth-order valence-electron chi connectivity index (χ4n) is 6.15. The number of carboxylic acids is 1. The number of carboxylic acid groups (broad SMARTS) is 1. The highest BCUT2D eigenvalue weighted by atomic mass is 32.2. The second-order valence-corrected chi connectivity index (χ2v) is 12.5. The van der Waals surface area contributed by atoms with Crippen LogP contribution in [0.4, 0.5) is 13.2 Å². The van der Waals surface area contributed by atoms with Gasteiger partial charge in [-0.2, -0.15) is 0 Å². The Morgan fingerprint density at radius 2 is 1.79 bits per heavy atom. The van der Waals surface area contributed by atoms with Crippen molar-refractivity contribution >= 4 is 28.6 Å². The van der Waals surface area contributed by atoms with Crippen LogP contribution in [0.3, 0.4) is 0 Å². The van der Waals surface area contributed by atoms with E-state index in [2.05, 4.69) is 9.80 Å². The number of nitrogens with zero attached hydrogens (tertiary/aromatic N) is 3. The van der Waals surface area contributed by atoms with Gasteiger partial charge >= 0.3 is 5.97 Å². The minimum atomic E-state index is -0.939. The van der Waals surface area contributed by atoms with Crippen molar-refractivity contribution in [3.8, 4) is 5.75 Å². The van der Waals surface area contributed by atoms with Crippen LogP contribution in [-0.4, -0.2) is 84.7 Å². The normalized spacial score (nSPS) is 17.8. The van der Waals surface area contributed by atoms with Crippen molar-refractivity contribution in [2.75, 3.05) is 58.8 Å². The third-order valence-corrected chi connectivity index (χ3v) is 9.80. The van der Waals surface area contributed by atoms with Gasteiger partial charge in [0.05, 0.1) is 36.2 Å². The minimum absolute atomic E-state index is 0.187. The van der Waals surface area contributed by atoms with Crippen molar-refractivity contribution in [1.29, 1.82) is 0 Å². The predicted octanol–water partition coefficient (Wildman–Crippen LogP) is 5.77. The van der Waals surface area contributed by atoms with Gasteiger partial charge in [-0.15, -0.1) is 11.8 Å². The number of morpholine rings is 1. The van der Waals surface area contributed by atoms with Crippen LogP contribution in [0.2, 0.25) is 0 Å². The van der Waals surface area contributed by atoms with Gasteiger partial charge in [0.15, 0.2) is 0 Å². The Kier molecular flexibility index (Phi) is 10.5. The third-order valence-electron chi connectivity index (χ3n) is 8.74. The number of methoxy groups -OCH3 is 1. The number of rotatable bonds is 12. The van der Waals surface area contributed by atoms with Crippen LogP contribution in [0.1, 0.15) is 36.8 Å². The summed E-state index contributed by atoms with van der Waals surface area (Å²) in [4.78, 5) is 21.6. The lowest BCUT2D eigenvalue weighted by Crippen LogP contribution is -2.45. The minimum Gasteiger partial charge on any atom is -0.497 e. The molecule has 0 atom stereocenters.